The molecule has 0 spiro atoms. The van der Waals surface area contributed by atoms with E-state index in [1.165, 1.54) is 7.05 Å². The molecule has 0 unspecified atom stereocenters. The van der Waals surface area contributed by atoms with Crippen LogP contribution < -0.4 is 0 Å². The minimum absolute atomic E-state index is 0.156. The van der Waals surface area contributed by atoms with E-state index in [0.717, 1.165) is 22.6 Å². The third-order valence-corrected chi connectivity index (χ3v) is 4.72. The Kier molecular flexibility index (Phi) is 4.30. The van der Waals surface area contributed by atoms with Crippen LogP contribution in [0.4, 0.5) is 4.79 Å². The summed E-state index contributed by atoms with van der Waals surface area (Å²) in [4.78, 5) is 36.7. The number of hydrogen-bond donors (Lipinski definition) is 0. The molecule has 0 bridgehead atoms. The molecule has 1 aliphatic heterocycles. The predicted octanol–water partition coefficient (Wildman–Crippen LogP) is 1.61. The van der Waals surface area contributed by atoms with E-state index in [2.05, 4.69) is 15.9 Å². The molecule has 96 valence electrons. The first kappa shape index (κ1) is 14.2. The maximum absolute atomic E-state index is 11.7. The molecule has 0 N–H and O–H groups in total. The molecule has 5 nitrogen and oxygen atoms in total. The number of halogens is 1. The minimum atomic E-state index is -0.745. The van der Waals surface area contributed by atoms with Crippen LogP contribution >= 0.6 is 15.9 Å². The minimum Gasteiger partial charge on any atom is -0.263 e. The third-order valence-electron chi connectivity index (χ3n) is 3.53. The topological polar surface area (TPSA) is 57.7 Å². The van der Waals surface area contributed by atoms with Crippen molar-refractivity contribution in [3.8, 4) is 0 Å². The summed E-state index contributed by atoms with van der Waals surface area (Å²) in [6.07, 6.45) is 1.67. The fraction of sp³-hybridized carbons (Fsp3) is 0.727. The van der Waals surface area contributed by atoms with Gasteiger partial charge in [-0.1, -0.05) is 29.8 Å². The van der Waals surface area contributed by atoms with Crippen LogP contribution in [-0.2, 0) is 9.59 Å². The van der Waals surface area contributed by atoms with Crippen LogP contribution in [0.15, 0.2) is 0 Å². The SMILES string of the molecule is CCC(CC)(CBr)CN1C(=O)C(=O)N(C)C1=O. The van der Waals surface area contributed by atoms with Gasteiger partial charge in [-0.05, 0) is 18.3 Å². The number of likely N-dealkylation sites (N-methyl/N-ethyl adjacent to an activating group) is 1. The number of imide groups is 2. The van der Waals surface area contributed by atoms with Crippen molar-refractivity contribution in [3.63, 3.8) is 0 Å². The van der Waals surface area contributed by atoms with Crippen molar-refractivity contribution in [1.29, 1.82) is 0 Å². The molecular formula is C11H17BrN2O3. The lowest BCUT2D eigenvalue weighted by molar-refractivity contribution is -0.143. The molecule has 0 saturated carbocycles. The van der Waals surface area contributed by atoms with Crippen molar-refractivity contribution < 1.29 is 14.4 Å². The number of hydrogen-bond acceptors (Lipinski definition) is 3. The third kappa shape index (κ3) is 2.36. The highest BCUT2D eigenvalue weighted by Crippen LogP contribution is 2.31. The molecule has 1 aliphatic rings. The molecule has 1 saturated heterocycles. The molecule has 0 aromatic carbocycles. The lowest BCUT2D eigenvalue weighted by Crippen LogP contribution is -2.42. The van der Waals surface area contributed by atoms with E-state index in [1.54, 1.807) is 0 Å². The summed E-state index contributed by atoms with van der Waals surface area (Å²) in [6.45, 7) is 4.32. The maximum Gasteiger partial charge on any atom is 0.333 e. The standard InChI is InChI=1S/C11H17BrN2O3/c1-4-11(5-2,6-12)7-14-9(16)8(15)13(3)10(14)17/h4-7H2,1-3H3. The number of carbonyl (C=O) groups is 3. The molecule has 0 radical (unpaired) electrons. The normalized spacial score (nSPS) is 17.3. The molecule has 1 rings (SSSR count). The zero-order valence-electron chi connectivity index (χ0n) is 10.3. The van der Waals surface area contributed by atoms with E-state index in [4.69, 9.17) is 0 Å². The Labute approximate surface area is 109 Å². The summed E-state index contributed by atoms with van der Waals surface area (Å²) in [5.41, 5.74) is -0.156. The summed E-state index contributed by atoms with van der Waals surface area (Å²) >= 11 is 3.42. The summed E-state index contributed by atoms with van der Waals surface area (Å²) in [5, 5.41) is 0.696. The first-order valence-corrected chi connectivity index (χ1v) is 6.74. The van der Waals surface area contributed by atoms with Crippen LogP contribution in [0.2, 0.25) is 0 Å². The summed E-state index contributed by atoms with van der Waals surface area (Å²) in [5.74, 6) is -1.46. The molecular weight excluding hydrogens is 288 g/mol. The number of nitrogens with zero attached hydrogens (tertiary/aromatic N) is 2. The molecule has 0 atom stereocenters. The van der Waals surface area contributed by atoms with Gasteiger partial charge in [0.25, 0.3) is 0 Å². The number of alkyl halides is 1. The second-order valence-electron chi connectivity index (χ2n) is 4.38. The molecule has 1 heterocycles. The van der Waals surface area contributed by atoms with Crippen molar-refractivity contribution in [2.24, 2.45) is 5.41 Å². The number of rotatable bonds is 5. The van der Waals surface area contributed by atoms with E-state index in [0.29, 0.717) is 11.9 Å². The van der Waals surface area contributed by atoms with E-state index in [1.807, 2.05) is 13.8 Å². The second kappa shape index (κ2) is 5.16. The molecule has 17 heavy (non-hydrogen) atoms. The largest absolute Gasteiger partial charge is 0.333 e. The Bertz CT molecular complexity index is 344. The lowest BCUT2D eigenvalue weighted by Gasteiger charge is -2.32. The van der Waals surface area contributed by atoms with Crippen LogP contribution in [0.3, 0.4) is 0 Å². The van der Waals surface area contributed by atoms with E-state index < -0.39 is 17.8 Å². The fourth-order valence-corrected chi connectivity index (χ4v) is 2.76. The molecule has 0 aromatic heterocycles. The average molecular weight is 305 g/mol. The molecule has 0 aliphatic carbocycles. The van der Waals surface area contributed by atoms with E-state index >= 15 is 0 Å². The predicted molar refractivity (Wildman–Crippen MR) is 66.7 cm³/mol. The van der Waals surface area contributed by atoms with Gasteiger partial charge in [-0.25, -0.2) is 4.79 Å². The highest BCUT2D eigenvalue weighted by molar-refractivity contribution is 9.09. The van der Waals surface area contributed by atoms with Gasteiger partial charge in [0.05, 0.1) is 0 Å². The Morgan fingerprint density at radius 3 is 1.94 bits per heavy atom. The van der Waals surface area contributed by atoms with Gasteiger partial charge < -0.3 is 0 Å². The van der Waals surface area contributed by atoms with Crippen LogP contribution in [-0.4, -0.2) is 46.6 Å². The second-order valence-corrected chi connectivity index (χ2v) is 4.94. The Morgan fingerprint density at radius 1 is 1.12 bits per heavy atom. The summed E-state index contributed by atoms with van der Waals surface area (Å²) in [7, 11) is 1.33. The van der Waals surface area contributed by atoms with Crippen LogP contribution in [0.5, 0.6) is 0 Å². The maximum atomic E-state index is 11.7. The van der Waals surface area contributed by atoms with Crippen molar-refractivity contribution in [2.75, 3.05) is 18.9 Å². The number of carbonyl (C=O) groups excluding carboxylic acids is 3. The monoisotopic (exact) mass is 304 g/mol. The van der Waals surface area contributed by atoms with Gasteiger partial charge in [0.2, 0.25) is 0 Å². The zero-order valence-corrected chi connectivity index (χ0v) is 11.9. The van der Waals surface area contributed by atoms with Crippen LogP contribution in [0.1, 0.15) is 26.7 Å². The van der Waals surface area contributed by atoms with Crippen LogP contribution in [0, 0.1) is 5.41 Å². The summed E-state index contributed by atoms with van der Waals surface area (Å²) < 4.78 is 0. The van der Waals surface area contributed by atoms with Crippen molar-refractivity contribution in [1.82, 2.24) is 9.80 Å². The van der Waals surface area contributed by atoms with Crippen LogP contribution in [0.25, 0.3) is 0 Å². The first-order chi connectivity index (χ1) is 7.92. The van der Waals surface area contributed by atoms with Gasteiger partial charge in [-0.15, -0.1) is 0 Å². The smallest absolute Gasteiger partial charge is 0.263 e. The van der Waals surface area contributed by atoms with Crippen molar-refractivity contribution >= 4 is 33.8 Å². The Hall–Kier alpha value is -0.910. The molecule has 1 fully saturated rings. The Morgan fingerprint density at radius 2 is 1.65 bits per heavy atom. The van der Waals surface area contributed by atoms with E-state index in [9.17, 15) is 14.4 Å². The molecule has 0 aromatic rings. The van der Waals surface area contributed by atoms with Gasteiger partial charge in [-0.2, -0.15) is 0 Å². The average Bonchev–Trinajstić information content (AvgIpc) is 2.53. The Balaban J connectivity index is 2.91. The van der Waals surface area contributed by atoms with Gasteiger partial charge in [0, 0.05) is 18.9 Å². The van der Waals surface area contributed by atoms with Crippen molar-refractivity contribution in [3.05, 3.63) is 0 Å². The number of amides is 4. The highest BCUT2D eigenvalue weighted by Gasteiger charge is 2.45. The molecule has 6 heteroatoms. The van der Waals surface area contributed by atoms with E-state index in [-0.39, 0.29) is 5.41 Å². The quantitative estimate of drug-likeness (QED) is 0.440. The number of urea groups is 1. The van der Waals surface area contributed by atoms with Gasteiger partial charge in [0.15, 0.2) is 0 Å². The van der Waals surface area contributed by atoms with Crippen molar-refractivity contribution in [2.45, 2.75) is 26.7 Å². The van der Waals surface area contributed by atoms with Gasteiger partial charge in [-0.3, -0.25) is 19.4 Å². The first-order valence-electron chi connectivity index (χ1n) is 5.62. The molecule has 4 amide bonds. The lowest BCUT2D eigenvalue weighted by atomic mass is 9.84. The van der Waals surface area contributed by atoms with Gasteiger partial charge >= 0.3 is 17.8 Å². The fourth-order valence-electron chi connectivity index (χ4n) is 1.79. The summed E-state index contributed by atoms with van der Waals surface area (Å²) in [6, 6.07) is -0.521. The van der Waals surface area contributed by atoms with Gasteiger partial charge in [0.1, 0.15) is 0 Å². The highest BCUT2D eigenvalue weighted by atomic mass is 79.9. The zero-order chi connectivity index (χ0) is 13.2.